The van der Waals surface area contributed by atoms with E-state index in [-0.39, 0.29) is 5.56 Å². The first kappa shape index (κ1) is 8.39. The topological polar surface area (TPSA) is 75.3 Å². The molecule has 0 unspecified atom stereocenters. The third kappa shape index (κ3) is 1.66. The Labute approximate surface area is 70.0 Å². The summed E-state index contributed by atoms with van der Waals surface area (Å²) in [5.74, 6) is -0.973. The molecule has 1 aromatic rings. The maximum absolute atomic E-state index is 10.5. The van der Waals surface area contributed by atoms with Crippen LogP contribution in [0.2, 0.25) is 0 Å². The first-order valence-corrected chi connectivity index (χ1v) is 3.45. The second kappa shape index (κ2) is 3.13. The number of anilines is 2. The third-order valence-corrected chi connectivity index (χ3v) is 1.49. The Bertz CT molecular complexity index is 310. The normalized spacial score (nSPS) is 9.42. The van der Waals surface area contributed by atoms with Gasteiger partial charge in [0.1, 0.15) is 0 Å². The molecule has 12 heavy (non-hydrogen) atoms. The van der Waals surface area contributed by atoms with Crippen molar-refractivity contribution in [3.8, 4) is 0 Å². The van der Waals surface area contributed by atoms with Gasteiger partial charge in [-0.3, -0.25) is 0 Å². The molecule has 0 amide bonds. The van der Waals surface area contributed by atoms with Crippen LogP contribution in [0.3, 0.4) is 0 Å². The monoisotopic (exact) mass is 166 g/mol. The minimum Gasteiger partial charge on any atom is -0.478 e. The average Bonchev–Trinajstić information content (AvgIpc) is 2.03. The van der Waals surface area contributed by atoms with E-state index in [9.17, 15) is 4.79 Å². The lowest BCUT2D eigenvalue weighted by Gasteiger charge is -2.02. The van der Waals surface area contributed by atoms with Crippen molar-refractivity contribution in [2.45, 2.75) is 0 Å². The van der Waals surface area contributed by atoms with Gasteiger partial charge in [-0.25, -0.2) is 4.79 Å². The number of nitrogens with one attached hydrogen (secondary N) is 1. The van der Waals surface area contributed by atoms with Crippen LogP contribution in [0.5, 0.6) is 0 Å². The fourth-order valence-corrected chi connectivity index (χ4v) is 0.919. The van der Waals surface area contributed by atoms with Crippen molar-refractivity contribution in [3.63, 3.8) is 0 Å². The van der Waals surface area contributed by atoms with E-state index in [1.807, 2.05) is 0 Å². The molecule has 0 heterocycles. The van der Waals surface area contributed by atoms with Gasteiger partial charge in [0.2, 0.25) is 0 Å². The lowest BCUT2D eigenvalue weighted by molar-refractivity contribution is 0.0697. The summed E-state index contributed by atoms with van der Waals surface area (Å²) in [6.45, 7) is 0. The molecule has 4 nitrogen and oxygen atoms in total. The maximum Gasteiger partial charge on any atom is 0.335 e. The summed E-state index contributed by atoms with van der Waals surface area (Å²) in [5, 5.41) is 11.5. The van der Waals surface area contributed by atoms with Gasteiger partial charge >= 0.3 is 5.97 Å². The molecule has 0 spiro atoms. The first-order valence-electron chi connectivity index (χ1n) is 3.45. The molecule has 1 aromatic carbocycles. The highest BCUT2D eigenvalue weighted by Gasteiger charge is 2.04. The smallest absolute Gasteiger partial charge is 0.335 e. The van der Waals surface area contributed by atoms with E-state index in [1.165, 1.54) is 12.1 Å². The minimum atomic E-state index is -0.973. The van der Waals surface area contributed by atoms with Gasteiger partial charge in [0.25, 0.3) is 0 Å². The molecular formula is C8H10N2O2. The van der Waals surface area contributed by atoms with E-state index in [4.69, 9.17) is 10.8 Å². The Balaban J connectivity index is 3.15. The zero-order chi connectivity index (χ0) is 9.14. The minimum absolute atomic E-state index is 0.194. The summed E-state index contributed by atoms with van der Waals surface area (Å²) < 4.78 is 0. The molecule has 0 saturated carbocycles. The van der Waals surface area contributed by atoms with Crippen LogP contribution < -0.4 is 11.1 Å². The van der Waals surface area contributed by atoms with Crippen molar-refractivity contribution >= 4 is 17.3 Å². The maximum atomic E-state index is 10.5. The van der Waals surface area contributed by atoms with Crippen LogP contribution in [-0.2, 0) is 0 Å². The third-order valence-electron chi connectivity index (χ3n) is 1.49. The van der Waals surface area contributed by atoms with Gasteiger partial charge in [-0.2, -0.15) is 0 Å². The summed E-state index contributed by atoms with van der Waals surface area (Å²) in [6.07, 6.45) is 0. The largest absolute Gasteiger partial charge is 0.478 e. The molecule has 0 radical (unpaired) electrons. The standard InChI is InChI=1S/C8H10N2O2/c1-10-7-3-5(8(11)12)2-6(9)4-7/h2-4,10H,9H2,1H3,(H,11,12). The zero-order valence-corrected chi connectivity index (χ0v) is 6.66. The van der Waals surface area contributed by atoms with E-state index in [0.717, 1.165) is 0 Å². The fraction of sp³-hybridized carbons (Fsp3) is 0.125. The summed E-state index contributed by atoms with van der Waals surface area (Å²) >= 11 is 0. The van der Waals surface area contributed by atoms with E-state index < -0.39 is 5.97 Å². The molecule has 0 aliphatic heterocycles. The van der Waals surface area contributed by atoms with Gasteiger partial charge in [0, 0.05) is 18.4 Å². The lowest BCUT2D eigenvalue weighted by Crippen LogP contribution is -2.00. The van der Waals surface area contributed by atoms with Crippen LogP contribution in [0.4, 0.5) is 11.4 Å². The van der Waals surface area contributed by atoms with Crippen molar-refractivity contribution in [2.75, 3.05) is 18.1 Å². The number of aromatic carboxylic acids is 1. The number of carboxylic acid groups (broad SMARTS) is 1. The van der Waals surface area contributed by atoms with E-state index >= 15 is 0 Å². The molecule has 4 heteroatoms. The van der Waals surface area contributed by atoms with Crippen LogP contribution in [0.1, 0.15) is 10.4 Å². The molecule has 64 valence electrons. The molecule has 0 bridgehead atoms. The number of carbonyl (C=O) groups is 1. The average molecular weight is 166 g/mol. The number of hydrogen-bond donors (Lipinski definition) is 3. The summed E-state index contributed by atoms with van der Waals surface area (Å²) in [5.41, 5.74) is 6.81. The van der Waals surface area contributed by atoms with Gasteiger partial charge in [-0.15, -0.1) is 0 Å². The molecule has 0 aliphatic carbocycles. The molecule has 0 atom stereocenters. The predicted molar refractivity (Wildman–Crippen MR) is 47.4 cm³/mol. The van der Waals surface area contributed by atoms with Crippen LogP contribution in [0.25, 0.3) is 0 Å². The predicted octanol–water partition coefficient (Wildman–Crippen LogP) is 1.01. The van der Waals surface area contributed by atoms with Gasteiger partial charge < -0.3 is 16.2 Å². The Morgan fingerprint density at radius 1 is 1.50 bits per heavy atom. The van der Waals surface area contributed by atoms with Gasteiger partial charge in [-0.05, 0) is 18.2 Å². The van der Waals surface area contributed by atoms with Crippen molar-refractivity contribution in [1.82, 2.24) is 0 Å². The molecule has 0 fully saturated rings. The number of rotatable bonds is 2. The molecular weight excluding hydrogens is 156 g/mol. The van der Waals surface area contributed by atoms with Crippen LogP contribution in [0, 0.1) is 0 Å². The van der Waals surface area contributed by atoms with Crippen molar-refractivity contribution in [1.29, 1.82) is 0 Å². The highest BCUT2D eigenvalue weighted by atomic mass is 16.4. The molecule has 0 saturated heterocycles. The second-order valence-corrected chi connectivity index (χ2v) is 2.40. The van der Waals surface area contributed by atoms with Gasteiger partial charge in [-0.1, -0.05) is 0 Å². The van der Waals surface area contributed by atoms with Crippen LogP contribution in [-0.4, -0.2) is 18.1 Å². The van der Waals surface area contributed by atoms with E-state index in [2.05, 4.69) is 5.32 Å². The SMILES string of the molecule is CNc1cc(N)cc(C(=O)O)c1. The number of benzene rings is 1. The number of nitrogen functional groups attached to an aromatic ring is 1. The molecule has 0 aliphatic rings. The Kier molecular flexibility index (Phi) is 2.19. The number of nitrogens with two attached hydrogens (primary N) is 1. The van der Waals surface area contributed by atoms with Crippen molar-refractivity contribution in [3.05, 3.63) is 23.8 Å². The highest BCUT2D eigenvalue weighted by molar-refractivity contribution is 5.90. The van der Waals surface area contributed by atoms with Crippen molar-refractivity contribution < 1.29 is 9.90 Å². The summed E-state index contributed by atoms with van der Waals surface area (Å²) in [4.78, 5) is 10.5. The van der Waals surface area contributed by atoms with Crippen molar-refractivity contribution in [2.24, 2.45) is 0 Å². The Morgan fingerprint density at radius 2 is 2.17 bits per heavy atom. The molecule has 0 aromatic heterocycles. The molecule has 4 N–H and O–H groups in total. The van der Waals surface area contributed by atoms with Gasteiger partial charge in [0.05, 0.1) is 5.56 Å². The Morgan fingerprint density at radius 3 is 2.67 bits per heavy atom. The lowest BCUT2D eigenvalue weighted by atomic mass is 10.2. The second-order valence-electron chi connectivity index (χ2n) is 2.40. The van der Waals surface area contributed by atoms with Crippen LogP contribution >= 0.6 is 0 Å². The van der Waals surface area contributed by atoms with Crippen LogP contribution in [0.15, 0.2) is 18.2 Å². The quantitative estimate of drug-likeness (QED) is 0.573. The summed E-state index contributed by atoms with van der Waals surface area (Å²) in [6, 6.07) is 4.62. The Hall–Kier alpha value is -1.71. The zero-order valence-electron chi connectivity index (χ0n) is 6.66. The summed E-state index contributed by atoms with van der Waals surface area (Å²) in [7, 11) is 1.71. The highest BCUT2D eigenvalue weighted by Crippen LogP contribution is 2.15. The fourth-order valence-electron chi connectivity index (χ4n) is 0.919. The van der Waals surface area contributed by atoms with Gasteiger partial charge in [0.15, 0.2) is 0 Å². The number of carboxylic acids is 1. The first-order chi connectivity index (χ1) is 5.63. The van der Waals surface area contributed by atoms with E-state index in [0.29, 0.717) is 11.4 Å². The molecule has 1 rings (SSSR count). The van der Waals surface area contributed by atoms with E-state index in [1.54, 1.807) is 13.1 Å². The number of hydrogen-bond acceptors (Lipinski definition) is 3.